The van der Waals surface area contributed by atoms with Gasteiger partial charge in [-0.3, -0.25) is 14.6 Å². The van der Waals surface area contributed by atoms with E-state index in [1.54, 1.807) is 30.4 Å². The van der Waals surface area contributed by atoms with Gasteiger partial charge in [0, 0.05) is 81.4 Å². The number of allylic oxidation sites excluding steroid dienone is 1. The molecule has 8 rings (SSSR count). The quantitative estimate of drug-likeness (QED) is 0.0511. The number of ether oxygens (including phenoxy) is 1. The summed E-state index contributed by atoms with van der Waals surface area (Å²) in [4.78, 5) is 50.1. The number of benzene rings is 4. The number of nitrogens with zero attached hydrogens (tertiary/aromatic N) is 4. The van der Waals surface area contributed by atoms with Crippen molar-refractivity contribution in [1.29, 1.82) is 0 Å². The number of piperazine rings is 2. The maximum Gasteiger partial charge on any atom is 0.347 e. The summed E-state index contributed by atoms with van der Waals surface area (Å²) in [5.41, 5.74) is 9.23. The third-order valence-electron chi connectivity index (χ3n) is 16.8. The van der Waals surface area contributed by atoms with Gasteiger partial charge in [0.15, 0.2) is 5.78 Å². The largest absolute Gasteiger partial charge is 0.507 e. The SMILES string of the molecule is CC(C)N1CCN(c2cc(C(=O)C=Cc3ccc(C(=O)Oc4cc(C=CC(O)c5cc(N6CCN(C(C)C)CC6)c6c(c5)C(C)(C)CCC6(C)C)ccc4C(=O)O)c(O)c3)cc3c2C(C)(C)CCC3(C)C)CC1. The van der Waals surface area contributed by atoms with Crippen molar-refractivity contribution in [2.24, 2.45) is 0 Å². The molecule has 0 amide bonds. The highest BCUT2D eigenvalue weighted by Gasteiger charge is 2.42. The maximum absolute atomic E-state index is 14.1. The number of carboxylic acid groups (broad SMARTS) is 1. The molecule has 11 heteroatoms. The predicted molar refractivity (Wildman–Crippen MR) is 295 cm³/mol. The Hall–Kier alpha value is -5.75. The molecule has 11 nitrogen and oxygen atoms in total. The van der Waals surface area contributed by atoms with E-state index in [1.165, 1.54) is 58.3 Å². The van der Waals surface area contributed by atoms with Crippen LogP contribution in [0, 0.1) is 0 Å². The van der Waals surface area contributed by atoms with E-state index >= 15 is 0 Å². The number of aromatic hydroxyl groups is 1. The van der Waals surface area contributed by atoms with E-state index in [2.05, 4.69) is 127 Å². The first-order valence-electron chi connectivity index (χ1n) is 26.6. The highest BCUT2D eigenvalue weighted by atomic mass is 16.5. The van der Waals surface area contributed by atoms with Crippen molar-refractivity contribution in [2.75, 3.05) is 62.2 Å². The summed E-state index contributed by atoms with van der Waals surface area (Å²) in [5, 5.41) is 33.1. The highest BCUT2D eigenvalue weighted by Crippen LogP contribution is 2.52. The Balaban J connectivity index is 1.01. The average Bonchev–Trinajstić information content (AvgIpc) is 3.34. The lowest BCUT2D eigenvalue weighted by Crippen LogP contribution is -2.50. The number of phenolic OH excluding ortho intramolecular Hbond substituents is 1. The van der Waals surface area contributed by atoms with Crippen LogP contribution in [0.1, 0.15) is 185 Å². The smallest absolute Gasteiger partial charge is 0.347 e. The van der Waals surface area contributed by atoms with Crippen LogP contribution in [0.5, 0.6) is 11.5 Å². The minimum atomic E-state index is -1.29. The van der Waals surface area contributed by atoms with Crippen LogP contribution in [0.2, 0.25) is 0 Å². The number of phenols is 1. The van der Waals surface area contributed by atoms with Gasteiger partial charge < -0.3 is 29.9 Å². The Kier molecular flexibility index (Phi) is 15.0. The van der Waals surface area contributed by atoms with E-state index in [1.807, 2.05) is 0 Å². The average molecular weight is 993 g/mol. The summed E-state index contributed by atoms with van der Waals surface area (Å²) >= 11 is 0. The number of carbonyl (C=O) groups is 3. The molecule has 4 aromatic carbocycles. The number of carbonyl (C=O) groups excluding carboxylic acids is 2. The summed E-state index contributed by atoms with van der Waals surface area (Å²) in [6.07, 6.45) is 9.72. The number of aromatic carboxylic acids is 1. The molecule has 4 aromatic rings. The first-order valence-corrected chi connectivity index (χ1v) is 26.6. The minimum absolute atomic E-state index is 0.0299. The van der Waals surface area contributed by atoms with Crippen molar-refractivity contribution in [3.8, 4) is 11.5 Å². The second kappa shape index (κ2) is 20.5. The van der Waals surface area contributed by atoms with Crippen molar-refractivity contribution in [3.05, 3.63) is 128 Å². The predicted octanol–water partition coefficient (Wildman–Crippen LogP) is 11.7. The number of aliphatic hydroxyl groups is 1. The molecule has 2 saturated heterocycles. The van der Waals surface area contributed by atoms with Gasteiger partial charge in [0.05, 0.1) is 6.10 Å². The van der Waals surface area contributed by atoms with Crippen molar-refractivity contribution in [1.82, 2.24) is 9.80 Å². The summed E-state index contributed by atoms with van der Waals surface area (Å²) in [6, 6.07) is 18.2. The number of ketones is 1. The number of hydrogen-bond acceptors (Lipinski definition) is 10. The molecule has 1 unspecified atom stereocenters. The summed E-state index contributed by atoms with van der Waals surface area (Å²) in [6.45, 7) is 34.8. The van der Waals surface area contributed by atoms with Crippen LogP contribution in [0.3, 0.4) is 0 Å². The van der Waals surface area contributed by atoms with Crippen LogP contribution in [0.15, 0.2) is 72.8 Å². The number of aliphatic hydroxyl groups excluding tert-OH is 1. The fourth-order valence-corrected chi connectivity index (χ4v) is 11.8. The Bertz CT molecular complexity index is 2820. The zero-order valence-corrected chi connectivity index (χ0v) is 45.6. The number of anilines is 2. The lowest BCUT2D eigenvalue weighted by Gasteiger charge is -2.46. The molecule has 0 aromatic heterocycles. The monoisotopic (exact) mass is 993 g/mol. The Morgan fingerprint density at radius 1 is 0.589 bits per heavy atom. The number of esters is 1. The first kappa shape index (κ1) is 53.5. The van der Waals surface area contributed by atoms with Crippen molar-refractivity contribution in [2.45, 2.75) is 149 Å². The third-order valence-corrected chi connectivity index (χ3v) is 16.8. The number of rotatable bonds is 13. The number of carboxylic acids is 1. The van der Waals surface area contributed by atoms with Gasteiger partial charge >= 0.3 is 11.9 Å². The van der Waals surface area contributed by atoms with Crippen LogP contribution in [-0.2, 0) is 21.7 Å². The van der Waals surface area contributed by atoms with Crippen LogP contribution < -0.4 is 14.5 Å². The number of hydrogen-bond donors (Lipinski definition) is 3. The summed E-state index contributed by atoms with van der Waals surface area (Å²) < 4.78 is 5.70. The summed E-state index contributed by atoms with van der Waals surface area (Å²) in [5.74, 6) is -2.99. The molecule has 0 bridgehead atoms. The van der Waals surface area contributed by atoms with E-state index in [9.17, 15) is 29.7 Å². The minimum Gasteiger partial charge on any atom is -0.507 e. The molecule has 1 atom stereocenters. The molecule has 0 saturated carbocycles. The molecular formula is C62H80N4O7. The molecule has 0 radical (unpaired) electrons. The van der Waals surface area contributed by atoms with Gasteiger partial charge in [-0.2, -0.15) is 0 Å². The van der Waals surface area contributed by atoms with Gasteiger partial charge in [-0.15, -0.1) is 0 Å². The molecule has 2 heterocycles. The standard InChI is InChI=1S/C62H80N4O7/c1-39(2)63-25-29-65(30-26-63)49-37-43(35-47-55(49)61(9,10)23-21-59(47,5)6)51(67)19-15-41-13-17-45(53(69)33-41)58(72)73-54-34-42(14-18-46(54)57(70)71)16-20-52(68)44-36-48-56(62(11,12)24-22-60(48,7)8)50(38-44)66-31-27-64(28-32-66)40(3)4/h13-20,33-40,52,68-69H,21-32H2,1-12H3,(H,70,71). The second-order valence-corrected chi connectivity index (χ2v) is 24.4. The van der Waals surface area contributed by atoms with Crippen molar-refractivity contribution in [3.63, 3.8) is 0 Å². The van der Waals surface area contributed by atoms with Crippen molar-refractivity contribution >= 4 is 41.2 Å². The Labute approximate surface area is 434 Å². The lowest BCUT2D eigenvalue weighted by atomic mass is 9.62. The lowest BCUT2D eigenvalue weighted by molar-refractivity contribution is 0.0680. The molecule has 2 fully saturated rings. The summed E-state index contributed by atoms with van der Waals surface area (Å²) in [7, 11) is 0. The van der Waals surface area contributed by atoms with Crippen LogP contribution in [0.25, 0.3) is 12.2 Å². The Morgan fingerprint density at radius 2 is 1.07 bits per heavy atom. The fourth-order valence-electron chi connectivity index (χ4n) is 11.8. The molecular weight excluding hydrogens is 913 g/mol. The molecule has 2 aliphatic carbocycles. The normalized spacial score (nSPS) is 20.1. The van der Waals surface area contributed by atoms with E-state index in [0.29, 0.717) is 28.8 Å². The zero-order chi connectivity index (χ0) is 52.9. The van der Waals surface area contributed by atoms with Gasteiger partial charge in [-0.05, 0) is 163 Å². The van der Waals surface area contributed by atoms with Gasteiger partial charge in [-0.1, -0.05) is 91.8 Å². The maximum atomic E-state index is 14.1. The first-order chi connectivity index (χ1) is 34.3. The molecule has 2 aliphatic heterocycles. The van der Waals surface area contributed by atoms with E-state index in [-0.39, 0.29) is 50.1 Å². The van der Waals surface area contributed by atoms with Crippen molar-refractivity contribution < 1.29 is 34.4 Å². The fraction of sp³-hybridized carbons (Fsp3) is 0.500. The molecule has 0 spiro atoms. The van der Waals surface area contributed by atoms with Gasteiger partial charge in [0.1, 0.15) is 22.6 Å². The molecule has 4 aliphatic rings. The molecule has 73 heavy (non-hydrogen) atoms. The van der Waals surface area contributed by atoms with Crippen LogP contribution in [0.4, 0.5) is 11.4 Å². The van der Waals surface area contributed by atoms with Crippen LogP contribution in [-0.4, -0.2) is 107 Å². The molecule has 390 valence electrons. The zero-order valence-electron chi connectivity index (χ0n) is 45.6. The Morgan fingerprint density at radius 3 is 1.58 bits per heavy atom. The topological polar surface area (TPSA) is 134 Å². The van der Waals surface area contributed by atoms with Crippen LogP contribution >= 0.6 is 0 Å². The van der Waals surface area contributed by atoms with Gasteiger partial charge in [0.2, 0.25) is 0 Å². The van der Waals surface area contributed by atoms with E-state index in [4.69, 9.17) is 4.74 Å². The van der Waals surface area contributed by atoms with E-state index in [0.717, 1.165) is 89.3 Å². The second-order valence-electron chi connectivity index (χ2n) is 24.4. The third kappa shape index (κ3) is 11.2. The highest BCUT2D eigenvalue weighted by molar-refractivity contribution is 6.08. The molecule has 3 N–H and O–H groups in total. The van der Waals surface area contributed by atoms with Gasteiger partial charge in [0.25, 0.3) is 0 Å². The van der Waals surface area contributed by atoms with E-state index < -0.39 is 18.0 Å². The number of fused-ring (bicyclic) bond motifs is 2. The van der Waals surface area contributed by atoms with Gasteiger partial charge in [-0.25, -0.2) is 9.59 Å².